The van der Waals surface area contributed by atoms with Gasteiger partial charge in [-0.1, -0.05) is 0 Å². The summed E-state index contributed by atoms with van der Waals surface area (Å²) in [5.41, 5.74) is 0. The molecular weight excluding hydrogens is 128 g/mol. The summed E-state index contributed by atoms with van der Waals surface area (Å²) in [5.74, 6) is 0.208. The zero-order chi connectivity index (χ0) is 7.14. The number of fused-ring (bicyclic) bond motifs is 2. The van der Waals surface area contributed by atoms with Gasteiger partial charge in [0.15, 0.2) is 0 Å². The lowest BCUT2D eigenvalue weighted by atomic mass is 10.1. The van der Waals surface area contributed by atoms with E-state index in [1.54, 1.807) is 6.92 Å². The number of amides is 1. The van der Waals surface area contributed by atoms with Gasteiger partial charge in [-0.15, -0.1) is 0 Å². The third-order valence-corrected chi connectivity index (χ3v) is 2.41. The Morgan fingerprint density at radius 1 is 1.40 bits per heavy atom. The van der Waals surface area contributed by atoms with Crippen molar-refractivity contribution in [1.82, 2.24) is 10.0 Å². The van der Waals surface area contributed by atoms with Crippen molar-refractivity contribution in [3.63, 3.8) is 0 Å². The van der Waals surface area contributed by atoms with Crippen molar-refractivity contribution in [2.45, 2.75) is 25.8 Å². The molecule has 2 aliphatic rings. The smallest absolute Gasteiger partial charge is 0.234 e. The molecule has 2 heterocycles. The van der Waals surface area contributed by atoms with Crippen LogP contribution in [0.5, 0.6) is 0 Å². The van der Waals surface area contributed by atoms with Gasteiger partial charge in [-0.2, -0.15) is 0 Å². The van der Waals surface area contributed by atoms with Crippen LogP contribution in [0, 0.1) is 0 Å². The van der Waals surface area contributed by atoms with Crippen molar-refractivity contribution in [3.05, 3.63) is 0 Å². The molecule has 0 unspecified atom stereocenters. The van der Waals surface area contributed by atoms with E-state index in [9.17, 15) is 4.79 Å². The van der Waals surface area contributed by atoms with Gasteiger partial charge in [0, 0.05) is 20.0 Å². The number of hydrogen-bond acceptors (Lipinski definition) is 2. The van der Waals surface area contributed by atoms with Crippen molar-refractivity contribution in [2.24, 2.45) is 0 Å². The molecule has 2 bridgehead atoms. The average Bonchev–Trinajstić information content (AvgIpc) is 2.43. The van der Waals surface area contributed by atoms with E-state index in [0.717, 1.165) is 13.1 Å². The van der Waals surface area contributed by atoms with Gasteiger partial charge in [-0.25, -0.2) is 5.01 Å². The molecule has 0 aliphatic carbocycles. The van der Waals surface area contributed by atoms with Crippen molar-refractivity contribution in [3.8, 4) is 0 Å². The van der Waals surface area contributed by atoms with E-state index in [2.05, 4.69) is 5.01 Å². The highest BCUT2D eigenvalue weighted by Crippen LogP contribution is 2.28. The normalized spacial score (nSPS) is 37.1. The molecule has 2 fully saturated rings. The Labute approximate surface area is 60.6 Å². The third-order valence-electron chi connectivity index (χ3n) is 2.41. The number of carbonyl (C=O) groups excluding carboxylic acids is 1. The molecule has 10 heavy (non-hydrogen) atoms. The molecule has 3 heteroatoms. The van der Waals surface area contributed by atoms with Crippen LogP contribution in [-0.2, 0) is 4.79 Å². The van der Waals surface area contributed by atoms with Crippen LogP contribution in [0.2, 0.25) is 0 Å². The van der Waals surface area contributed by atoms with E-state index in [1.807, 2.05) is 5.01 Å². The van der Waals surface area contributed by atoms with Crippen molar-refractivity contribution < 1.29 is 4.79 Å². The molecule has 0 saturated carbocycles. The number of hydrogen-bond donors (Lipinski definition) is 0. The summed E-state index contributed by atoms with van der Waals surface area (Å²) in [6, 6.07) is 0.539. The predicted molar refractivity (Wildman–Crippen MR) is 37.1 cm³/mol. The van der Waals surface area contributed by atoms with Gasteiger partial charge < -0.3 is 0 Å². The number of rotatable bonds is 0. The van der Waals surface area contributed by atoms with Crippen LogP contribution in [0.4, 0.5) is 0 Å². The Morgan fingerprint density at radius 3 is 2.20 bits per heavy atom. The van der Waals surface area contributed by atoms with E-state index in [1.165, 1.54) is 12.8 Å². The molecule has 0 aromatic heterocycles. The summed E-state index contributed by atoms with van der Waals surface area (Å²) in [6.07, 6.45) is 2.36. The highest BCUT2D eigenvalue weighted by Gasteiger charge is 2.38. The van der Waals surface area contributed by atoms with Gasteiger partial charge in [0.05, 0.1) is 6.04 Å². The molecular formula is C7H12N2O. The fourth-order valence-corrected chi connectivity index (χ4v) is 2.00. The van der Waals surface area contributed by atoms with Crippen molar-refractivity contribution in [2.75, 3.05) is 13.1 Å². The first-order valence-electron chi connectivity index (χ1n) is 3.83. The van der Waals surface area contributed by atoms with Gasteiger partial charge in [0.1, 0.15) is 0 Å². The highest BCUT2D eigenvalue weighted by molar-refractivity contribution is 5.73. The van der Waals surface area contributed by atoms with E-state index < -0.39 is 0 Å². The molecule has 0 atom stereocenters. The average molecular weight is 140 g/mol. The van der Waals surface area contributed by atoms with Crippen LogP contribution in [0.15, 0.2) is 0 Å². The summed E-state index contributed by atoms with van der Waals surface area (Å²) >= 11 is 0. The lowest BCUT2D eigenvalue weighted by Gasteiger charge is -2.21. The zero-order valence-corrected chi connectivity index (χ0v) is 6.21. The van der Waals surface area contributed by atoms with Gasteiger partial charge in [0.25, 0.3) is 0 Å². The maximum Gasteiger partial charge on any atom is 0.234 e. The first kappa shape index (κ1) is 6.16. The molecule has 0 spiro atoms. The van der Waals surface area contributed by atoms with Crippen molar-refractivity contribution in [1.29, 1.82) is 0 Å². The summed E-state index contributed by atoms with van der Waals surface area (Å²) in [4.78, 5) is 11.0. The fraction of sp³-hybridized carbons (Fsp3) is 0.857. The molecule has 0 aromatic carbocycles. The maximum absolute atomic E-state index is 11.0. The van der Waals surface area contributed by atoms with Crippen LogP contribution in [0.25, 0.3) is 0 Å². The first-order chi connectivity index (χ1) is 4.79. The van der Waals surface area contributed by atoms with Crippen LogP contribution in [0.1, 0.15) is 19.8 Å². The second kappa shape index (κ2) is 1.95. The first-order valence-corrected chi connectivity index (χ1v) is 3.83. The Morgan fingerprint density at radius 2 is 2.00 bits per heavy atom. The van der Waals surface area contributed by atoms with Crippen LogP contribution < -0.4 is 0 Å². The third kappa shape index (κ3) is 0.669. The predicted octanol–water partition coefficient (Wildman–Crippen LogP) is 0.228. The highest BCUT2D eigenvalue weighted by atomic mass is 16.2. The Balaban J connectivity index is 2.16. The second-order valence-electron chi connectivity index (χ2n) is 3.05. The zero-order valence-electron chi connectivity index (χ0n) is 6.21. The summed E-state index contributed by atoms with van der Waals surface area (Å²) in [7, 11) is 0. The molecule has 2 saturated heterocycles. The Kier molecular flexibility index (Phi) is 1.20. The lowest BCUT2D eigenvalue weighted by Crippen LogP contribution is -2.36. The van der Waals surface area contributed by atoms with E-state index in [-0.39, 0.29) is 5.91 Å². The van der Waals surface area contributed by atoms with Gasteiger partial charge >= 0.3 is 0 Å². The largest absolute Gasteiger partial charge is 0.274 e. The van der Waals surface area contributed by atoms with Crippen molar-refractivity contribution >= 4 is 5.91 Å². The minimum Gasteiger partial charge on any atom is -0.274 e. The quantitative estimate of drug-likeness (QED) is 0.481. The number of hydrazine groups is 1. The van der Waals surface area contributed by atoms with Gasteiger partial charge in [0.2, 0.25) is 5.91 Å². The summed E-state index contributed by atoms with van der Waals surface area (Å²) in [5, 5.41) is 4.08. The van der Waals surface area contributed by atoms with Crippen LogP contribution in [0.3, 0.4) is 0 Å². The minimum atomic E-state index is 0.208. The van der Waals surface area contributed by atoms with Gasteiger partial charge in [-0.05, 0) is 12.8 Å². The number of piperidine rings is 1. The molecule has 3 nitrogen and oxygen atoms in total. The fourth-order valence-electron chi connectivity index (χ4n) is 2.00. The topological polar surface area (TPSA) is 23.6 Å². The second-order valence-corrected chi connectivity index (χ2v) is 3.05. The Bertz CT molecular complexity index is 149. The molecule has 0 radical (unpaired) electrons. The van der Waals surface area contributed by atoms with E-state index >= 15 is 0 Å². The maximum atomic E-state index is 11.0. The minimum absolute atomic E-state index is 0.208. The molecule has 0 N–H and O–H groups in total. The number of nitrogens with zero attached hydrogens (tertiary/aromatic N) is 2. The summed E-state index contributed by atoms with van der Waals surface area (Å²) in [6.45, 7) is 3.82. The molecule has 1 amide bonds. The summed E-state index contributed by atoms with van der Waals surface area (Å²) < 4.78 is 0. The molecule has 2 aliphatic heterocycles. The molecule has 2 rings (SSSR count). The van der Waals surface area contributed by atoms with E-state index in [4.69, 9.17) is 0 Å². The lowest BCUT2D eigenvalue weighted by molar-refractivity contribution is -0.139. The Hall–Kier alpha value is -0.570. The number of carbonyl (C=O) groups is 1. The van der Waals surface area contributed by atoms with Gasteiger partial charge in [-0.3, -0.25) is 9.80 Å². The SMILES string of the molecule is CC(=O)N1C2CCN1CC2. The standard InChI is InChI=1S/C7H12N2O/c1-6(10)9-7-2-4-8(9)5-3-7/h7H,2-5H2,1H3. The van der Waals surface area contributed by atoms with E-state index in [0.29, 0.717) is 6.04 Å². The monoisotopic (exact) mass is 140 g/mol. The van der Waals surface area contributed by atoms with Crippen LogP contribution >= 0.6 is 0 Å². The van der Waals surface area contributed by atoms with Crippen LogP contribution in [-0.4, -0.2) is 35.1 Å². The molecule has 0 aromatic rings. The molecule has 56 valence electrons.